The third kappa shape index (κ3) is 4.45. The highest BCUT2D eigenvalue weighted by Gasteiger charge is 2.16. The van der Waals surface area contributed by atoms with E-state index in [1.807, 2.05) is 30.3 Å². The molecule has 7 heteroatoms. The molecule has 0 atom stereocenters. The fourth-order valence-corrected chi connectivity index (χ4v) is 3.45. The number of hydrogen-bond donors (Lipinski definition) is 2. The van der Waals surface area contributed by atoms with Gasteiger partial charge in [0.2, 0.25) is 5.75 Å². The second-order valence-electron chi connectivity index (χ2n) is 6.74. The first-order chi connectivity index (χ1) is 14.6. The zero-order valence-electron chi connectivity index (χ0n) is 18.2. The number of benzene rings is 2. The molecule has 0 saturated heterocycles. The summed E-state index contributed by atoms with van der Waals surface area (Å²) in [6.07, 6.45) is 0.730. The van der Waals surface area contributed by atoms with E-state index in [0.29, 0.717) is 36.3 Å². The molecule has 3 aromatic rings. The van der Waals surface area contributed by atoms with Gasteiger partial charge in [-0.15, -0.1) is 0 Å². The van der Waals surface area contributed by atoms with Crippen LogP contribution in [0.2, 0.25) is 0 Å². The Morgan fingerprint density at radius 1 is 0.967 bits per heavy atom. The largest absolute Gasteiger partial charge is 0.493 e. The Balaban J connectivity index is 1.60. The smallest absolute Gasteiger partial charge is 0.203 e. The lowest BCUT2D eigenvalue weighted by Crippen LogP contribution is -2.37. The third-order valence-electron chi connectivity index (χ3n) is 5.05. The summed E-state index contributed by atoms with van der Waals surface area (Å²) in [7, 11) is 6.59. The minimum atomic E-state index is 0.555. The van der Waals surface area contributed by atoms with Crippen molar-refractivity contribution in [1.29, 1.82) is 0 Å². The molecule has 0 spiro atoms. The molecule has 0 fully saturated rings. The summed E-state index contributed by atoms with van der Waals surface area (Å²) in [6.45, 7) is 3.30. The fraction of sp³-hybridized carbons (Fsp3) is 0.348. The molecule has 0 aliphatic heterocycles. The third-order valence-corrected chi connectivity index (χ3v) is 5.05. The number of aryl methyl sites for hydroxylation is 1. The number of rotatable bonds is 8. The van der Waals surface area contributed by atoms with Gasteiger partial charge in [0, 0.05) is 30.1 Å². The minimum Gasteiger partial charge on any atom is -0.493 e. The topological polar surface area (TPSA) is 77.3 Å². The zero-order valence-corrected chi connectivity index (χ0v) is 18.2. The van der Waals surface area contributed by atoms with E-state index in [0.717, 1.165) is 34.3 Å². The van der Waals surface area contributed by atoms with Crippen LogP contribution in [0.4, 0.5) is 0 Å². The molecule has 0 aliphatic carbocycles. The Morgan fingerprint density at radius 3 is 2.40 bits per heavy atom. The Bertz CT molecular complexity index is 1030. The van der Waals surface area contributed by atoms with Crippen LogP contribution in [0, 0.1) is 6.92 Å². The number of methoxy groups -OCH3 is 3. The molecule has 3 rings (SSSR count). The summed E-state index contributed by atoms with van der Waals surface area (Å²) in [4.78, 5) is 4.30. The maximum absolute atomic E-state index is 5.96. The molecule has 0 aliphatic rings. The van der Waals surface area contributed by atoms with Gasteiger partial charge in [0.1, 0.15) is 11.3 Å². The molecule has 0 amide bonds. The van der Waals surface area contributed by atoms with E-state index in [1.165, 1.54) is 0 Å². The quantitative estimate of drug-likeness (QED) is 0.435. The van der Waals surface area contributed by atoms with Gasteiger partial charge in [-0.3, -0.25) is 4.99 Å². The SMILES string of the molecule is CN=C(NCCc1ccc(OC)c(OC)c1OC)NCc1oc2ccccc2c1C. The first-order valence-electron chi connectivity index (χ1n) is 9.82. The van der Waals surface area contributed by atoms with Crippen molar-refractivity contribution in [3.63, 3.8) is 0 Å². The summed E-state index contributed by atoms with van der Waals surface area (Å²) >= 11 is 0. The molecule has 0 bridgehead atoms. The Hall–Kier alpha value is -3.35. The van der Waals surface area contributed by atoms with E-state index < -0.39 is 0 Å². The molecular weight excluding hydrogens is 382 g/mol. The molecule has 0 saturated carbocycles. The zero-order chi connectivity index (χ0) is 21.5. The van der Waals surface area contributed by atoms with Gasteiger partial charge in [-0.25, -0.2) is 0 Å². The number of para-hydroxylation sites is 1. The van der Waals surface area contributed by atoms with Crippen LogP contribution in [0.25, 0.3) is 11.0 Å². The number of nitrogens with zero attached hydrogens (tertiary/aromatic N) is 1. The van der Waals surface area contributed by atoms with Crippen LogP contribution in [0.5, 0.6) is 17.2 Å². The van der Waals surface area contributed by atoms with Crippen LogP contribution in [0.15, 0.2) is 45.8 Å². The fourth-order valence-electron chi connectivity index (χ4n) is 3.45. The van der Waals surface area contributed by atoms with Gasteiger partial charge in [-0.2, -0.15) is 0 Å². The number of aliphatic imine (C=N–C) groups is 1. The van der Waals surface area contributed by atoms with E-state index in [-0.39, 0.29) is 0 Å². The van der Waals surface area contributed by atoms with E-state index in [4.69, 9.17) is 18.6 Å². The number of guanidine groups is 1. The van der Waals surface area contributed by atoms with Crippen molar-refractivity contribution in [1.82, 2.24) is 10.6 Å². The Labute approximate surface area is 177 Å². The second kappa shape index (κ2) is 9.91. The van der Waals surface area contributed by atoms with Crippen molar-refractivity contribution in [3.05, 3.63) is 53.3 Å². The first-order valence-corrected chi connectivity index (χ1v) is 9.82. The predicted molar refractivity (Wildman–Crippen MR) is 119 cm³/mol. The number of nitrogens with one attached hydrogen (secondary N) is 2. The molecule has 2 N–H and O–H groups in total. The first kappa shape index (κ1) is 21.4. The molecule has 0 unspecified atom stereocenters. The highest BCUT2D eigenvalue weighted by molar-refractivity contribution is 5.83. The lowest BCUT2D eigenvalue weighted by Gasteiger charge is -2.16. The van der Waals surface area contributed by atoms with Crippen LogP contribution < -0.4 is 24.8 Å². The maximum Gasteiger partial charge on any atom is 0.203 e. The van der Waals surface area contributed by atoms with Crippen molar-refractivity contribution in [2.24, 2.45) is 4.99 Å². The summed E-state index contributed by atoms with van der Waals surface area (Å²) in [5, 5.41) is 7.78. The summed E-state index contributed by atoms with van der Waals surface area (Å²) < 4.78 is 22.3. The number of fused-ring (bicyclic) bond motifs is 1. The summed E-state index contributed by atoms with van der Waals surface area (Å²) in [5.74, 6) is 3.53. The van der Waals surface area contributed by atoms with Crippen LogP contribution in [-0.2, 0) is 13.0 Å². The average molecular weight is 412 g/mol. The average Bonchev–Trinajstić information content (AvgIpc) is 3.11. The number of hydrogen-bond acceptors (Lipinski definition) is 5. The van der Waals surface area contributed by atoms with Crippen LogP contribution in [-0.4, -0.2) is 40.9 Å². The van der Waals surface area contributed by atoms with Gasteiger partial charge >= 0.3 is 0 Å². The molecular formula is C23H29N3O4. The van der Waals surface area contributed by atoms with E-state index in [9.17, 15) is 0 Å². The van der Waals surface area contributed by atoms with Gasteiger partial charge in [-0.05, 0) is 25.5 Å². The van der Waals surface area contributed by atoms with Gasteiger partial charge in [0.05, 0.1) is 27.9 Å². The van der Waals surface area contributed by atoms with Crippen molar-refractivity contribution in [2.75, 3.05) is 34.9 Å². The van der Waals surface area contributed by atoms with Gasteiger partial charge < -0.3 is 29.3 Å². The predicted octanol–water partition coefficient (Wildman–Crippen LogP) is 3.67. The van der Waals surface area contributed by atoms with Crippen molar-refractivity contribution >= 4 is 16.9 Å². The van der Waals surface area contributed by atoms with Crippen molar-refractivity contribution in [3.8, 4) is 17.2 Å². The molecule has 0 radical (unpaired) electrons. The molecule has 1 aromatic heterocycles. The summed E-state index contributed by atoms with van der Waals surface area (Å²) in [5.41, 5.74) is 3.06. The van der Waals surface area contributed by atoms with Crippen LogP contribution in [0.1, 0.15) is 16.9 Å². The minimum absolute atomic E-state index is 0.555. The number of furan rings is 1. The Kier molecular flexibility index (Phi) is 7.06. The van der Waals surface area contributed by atoms with Gasteiger partial charge in [0.15, 0.2) is 17.5 Å². The van der Waals surface area contributed by atoms with Gasteiger partial charge in [0.25, 0.3) is 0 Å². The molecule has 160 valence electrons. The highest BCUT2D eigenvalue weighted by Crippen LogP contribution is 2.39. The maximum atomic E-state index is 5.96. The van der Waals surface area contributed by atoms with Crippen molar-refractivity contribution < 1.29 is 18.6 Å². The number of ether oxygens (including phenoxy) is 3. The molecule has 30 heavy (non-hydrogen) atoms. The Morgan fingerprint density at radius 2 is 1.73 bits per heavy atom. The monoisotopic (exact) mass is 411 g/mol. The second-order valence-corrected chi connectivity index (χ2v) is 6.74. The lowest BCUT2D eigenvalue weighted by molar-refractivity contribution is 0.322. The standard InChI is InChI=1S/C23H29N3O4/c1-15-17-8-6-7-9-18(17)30-20(15)14-26-23(24-2)25-13-12-16-10-11-19(27-3)22(29-5)21(16)28-4/h6-11H,12-14H2,1-5H3,(H2,24,25,26). The highest BCUT2D eigenvalue weighted by atomic mass is 16.5. The van der Waals surface area contributed by atoms with Gasteiger partial charge in [-0.1, -0.05) is 24.3 Å². The molecule has 2 aromatic carbocycles. The van der Waals surface area contributed by atoms with Crippen LogP contribution in [0.3, 0.4) is 0 Å². The van der Waals surface area contributed by atoms with Crippen LogP contribution >= 0.6 is 0 Å². The van der Waals surface area contributed by atoms with E-state index in [2.05, 4.69) is 28.6 Å². The lowest BCUT2D eigenvalue weighted by atomic mass is 10.1. The van der Waals surface area contributed by atoms with E-state index in [1.54, 1.807) is 28.4 Å². The normalized spacial score (nSPS) is 11.4. The molecule has 7 nitrogen and oxygen atoms in total. The molecule has 1 heterocycles. The summed E-state index contributed by atoms with van der Waals surface area (Å²) in [6, 6.07) is 11.9. The van der Waals surface area contributed by atoms with E-state index >= 15 is 0 Å². The van der Waals surface area contributed by atoms with Crippen molar-refractivity contribution in [2.45, 2.75) is 19.9 Å².